The fraction of sp³-hybridized carbons (Fsp3) is 0.500. The summed E-state index contributed by atoms with van der Waals surface area (Å²) in [5, 5.41) is 12.2. The van der Waals surface area contributed by atoms with E-state index < -0.39 is 11.8 Å². The van der Waals surface area contributed by atoms with E-state index in [1.165, 1.54) is 12.1 Å². The number of halogens is 1. The van der Waals surface area contributed by atoms with E-state index in [1.807, 2.05) is 0 Å². The Hall–Kier alpha value is -1.58. The van der Waals surface area contributed by atoms with Crippen LogP contribution in [0.5, 0.6) is 0 Å². The molecule has 1 aliphatic carbocycles. The van der Waals surface area contributed by atoms with E-state index in [-0.39, 0.29) is 17.0 Å². The second-order valence-electron chi connectivity index (χ2n) is 5.72. The third kappa shape index (κ3) is 2.63. The molecule has 0 spiro atoms. The van der Waals surface area contributed by atoms with Crippen molar-refractivity contribution in [2.45, 2.75) is 39.2 Å². The zero-order valence-corrected chi connectivity index (χ0v) is 10.7. The van der Waals surface area contributed by atoms with Crippen LogP contribution in [0.3, 0.4) is 0 Å². The van der Waals surface area contributed by atoms with Crippen molar-refractivity contribution in [2.24, 2.45) is 5.41 Å². The van der Waals surface area contributed by atoms with Gasteiger partial charge in [-0.3, -0.25) is 0 Å². The van der Waals surface area contributed by atoms with Crippen molar-refractivity contribution in [1.82, 2.24) is 0 Å². The average Bonchev–Trinajstić information content (AvgIpc) is 2.57. The molecule has 18 heavy (non-hydrogen) atoms. The Bertz CT molecular complexity index is 471. The van der Waals surface area contributed by atoms with Gasteiger partial charge in [-0.1, -0.05) is 19.9 Å². The van der Waals surface area contributed by atoms with Crippen LogP contribution in [-0.2, 0) is 0 Å². The average molecular weight is 251 g/mol. The number of carboxylic acids is 1. The minimum absolute atomic E-state index is 0.222. The number of carboxylic acid groups (broad SMARTS) is 1. The SMILES string of the molecule is CC1(C)CCC(Nc2cccc(F)c2C(=O)O)C1. The smallest absolute Gasteiger partial charge is 0.340 e. The zero-order chi connectivity index (χ0) is 13.3. The maximum absolute atomic E-state index is 13.5. The predicted octanol–water partition coefficient (Wildman–Crippen LogP) is 3.51. The number of nitrogens with one attached hydrogen (secondary N) is 1. The monoisotopic (exact) mass is 251 g/mol. The van der Waals surface area contributed by atoms with Gasteiger partial charge in [-0.05, 0) is 36.8 Å². The summed E-state index contributed by atoms with van der Waals surface area (Å²) < 4.78 is 13.5. The molecule has 0 saturated heterocycles. The third-order valence-corrected chi connectivity index (χ3v) is 3.56. The lowest BCUT2D eigenvalue weighted by Gasteiger charge is -2.19. The lowest BCUT2D eigenvalue weighted by atomic mass is 9.92. The van der Waals surface area contributed by atoms with Gasteiger partial charge in [-0.15, -0.1) is 0 Å². The van der Waals surface area contributed by atoms with Gasteiger partial charge < -0.3 is 10.4 Å². The molecule has 0 aliphatic heterocycles. The van der Waals surface area contributed by atoms with Crippen molar-refractivity contribution in [3.63, 3.8) is 0 Å². The van der Waals surface area contributed by atoms with Crippen LogP contribution in [0.1, 0.15) is 43.5 Å². The molecule has 1 aromatic carbocycles. The van der Waals surface area contributed by atoms with Gasteiger partial charge in [0.15, 0.2) is 0 Å². The predicted molar refractivity (Wildman–Crippen MR) is 68.4 cm³/mol. The van der Waals surface area contributed by atoms with Crippen molar-refractivity contribution in [1.29, 1.82) is 0 Å². The minimum Gasteiger partial charge on any atom is -0.478 e. The van der Waals surface area contributed by atoms with E-state index >= 15 is 0 Å². The topological polar surface area (TPSA) is 49.3 Å². The van der Waals surface area contributed by atoms with Crippen molar-refractivity contribution >= 4 is 11.7 Å². The molecule has 1 saturated carbocycles. The van der Waals surface area contributed by atoms with Crippen molar-refractivity contribution in [2.75, 3.05) is 5.32 Å². The Morgan fingerprint density at radius 3 is 2.78 bits per heavy atom. The second kappa shape index (κ2) is 4.59. The molecule has 0 amide bonds. The maximum Gasteiger partial charge on any atom is 0.340 e. The van der Waals surface area contributed by atoms with Gasteiger partial charge in [-0.2, -0.15) is 0 Å². The Morgan fingerprint density at radius 1 is 1.50 bits per heavy atom. The molecule has 0 heterocycles. The second-order valence-corrected chi connectivity index (χ2v) is 5.72. The summed E-state index contributed by atoms with van der Waals surface area (Å²) in [5.41, 5.74) is 0.390. The molecule has 1 unspecified atom stereocenters. The van der Waals surface area contributed by atoms with Gasteiger partial charge >= 0.3 is 5.97 Å². The molecule has 2 rings (SSSR count). The van der Waals surface area contributed by atoms with Gasteiger partial charge in [0.25, 0.3) is 0 Å². The zero-order valence-electron chi connectivity index (χ0n) is 10.7. The molecule has 1 atom stereocenters. The van der Waals surface area contributed by atoms with Crippen LogP contribution >= 0.6 is 0 Å². The number of benzene rings is 1. The molecule has 0 bridgehead atoms. The highest BCUT2D eigenvalue weighted by Gasteiger charge is 2.31. The lowest BCUT2D eigenvalue weighted by molar-refractivity contribution is 0.0693. The maximum atomic E-state index is 13.5. The Morgan fingerprint density at radius 2 is 2.22 bits per heavy atom. The molecular formula is C14H18FNO2. The van der Waals surface area contributed by atoms with Crippen LogP contribution < -0.4 is 5.32 Å². The summed E-state index contributed by atoms with van der Waals surface area (Å²) in [6, 6.07) is 4.55. The van der Waals surface area contributed by atoms with E-state index in [0.29, 0.717) is 5.69 Å². The molecule has 1 fully saturated rings. The van der Waals surface area contributed by atoms with Crippen molar-refractivity contribution in [3.8, 4) is 0 Å². The molecule has 1 aliphatic rings. The van der Waals surface area contributed by atoms with Crippen LogP contribution in [0.15, 0.2) is 18.2 Å². The fourth-order valence-corrected chi connectivity index (χ4v) is 2.64. The number of hydrogen-bond acceptors (Lipinski definition) is 2. The van der Waals surface area contributed by atoms with Crippen molar-refractivity contribution < 1.29 is 14.3 Å². The number of hydrogen-bond donors (Lipinski definition) is 2. The number of anilines is 1. The quantitative estimate of drug-likeness (QED) is 0.864. The van der Waals surface area contributed by atoms with E-state index in [4.69, 9.17) is 5.11 Å². The van der Waals surface area contributed by atoms with Gasteiger partial charge in [0.05, 0.1) is 5.69 Å². The Kier molecular flexibility index (Phi) is 3.28. The highest BCUT2D eigenvalue weighted by atomic mass is 19.1. The Balaban J connectivity index is 2.20. The lowest BCUT2D eigenvalue weighted by Crippen LogP contribution is -2.19. The molecule has 0 aromatic heterocycles. The van der Waals surface area contributed by atoms with Crippen LogP contribution in [-0.4, -0.2) is 17.1 Å². The number of carbonyl (C=O) groups is 1. The minimum atomic E-state index is -1.23. The largest absolute Gasteiger partial charge is 0.478 e. The van der Waals surface area contributed by atoms with Crippen LogP contribution in [0.25, 0.3) is 0 Å². The fourth-order valence-electron chi connectivity index (χ4n) is 2.64. The highest BCUT2D eigenvalue weighted by Crippen LogP contribution is 2.38. The first kappa shape index (κ1) is 12.9. The van der Waals surface area contributed by atoms with Gasteiger partial charge in [-0.25, -0.2) is 9.18 Å². The molecule has 4 heteroatoms. The summed E-state index contributed by atoms with van der Waals surface area (Å²) >= 11 is 0. The summed E-state index contributed by atoms with van der Waals surface area (Å²) in [6.07, 6.45) is 3.06. The highest BCUT2D eigenvalue weighted by molar-refractivity contribution is 5.94. The van der Waals surface area contributed by atoms with Crippen LogP contribution in [0, 0.1) is 11.2 Å². The molecule has 2 N–H and O–H groups in total. The summed E-state index contributed by atoms with van der Waals surface area (Å²) in [5.74, 6) is -1.92. The molecule has 1 aromatic rings. The van der Waals surface area contributed by atoms with Gasteiger partial charge in [0.1, 0.15) is 11.4 Å². The summed E-state index contributed by atoms with van der Waals surface area (Å²) in [4.78, 5) is 11.1. The van der Waals surface area contributed by atoms with E-state index in [2.05, 4.69) is 19.2 Å². The standard InChI is InChI=1S/C14H18FNO2/c1-14(2)7-6-9(8-14)16-11-5-3-4-10(15)12(11)13(17)18/h3-5,9,16H,6-8H2,1-2H3,(H,17,18). The third-order valence-electron chi connectivity index (χ3n) is 3.56. The molecular weight excluding hydrogens is 233 g/mol. The molecule has 3 nitrogen and oxygen atoms in total. The van der Waals surface area contributed by atoms with Crippen LogP contribution in [0.2, 0.25) is 0 Å². The number of aromatic carboxylic acids is 1. The normalized spacial score (nSPS) is 21.8. The van der Waals surface area contributed by atoms with Crippen LogP contribution in [0.4, 0.5) is 10.1 Å². The van der Waals surface area contributed by atoms with Gasteiger partial charge in [0.2, 0.25) is 0 Å². The van der Waals surface area contributed by atoms with Gasteiger partial charge in [0, 0.05) is 6.04 Å². The number of rotatable bonds is 3. The first-order valence-corrected chi connectivity index (χ1v) is 6.17. The first-order chi connectivity index (χ1) is 8.39. The first-order valence-electron chi connectivity index (χ1n) is 6.17. The molecule has 0 radical (unpaired) electrons. The Labute approximate surface area is 106 Å². The van der Waals surface area contributed by atoms with E-state index in [1.54, 1.807) is 6.07 Å². The molecule has 98 valence electrons. The van der Waals surface area contributed by atoms with E-state index in [9.17, 15) is 9.18 Å². The van der Waals surface area contributed by atoms with Crippen molar-refractivity contribution in [3.05, 3.63) is 29.6 Å². The summed E-state index contributed by atoms with van der Waals surface area (Å²) in [6.45, 7) is 4.39. The summed E-state index contributed by atoms with van der Waals surface area (Å²) in [7, 11) is 0. The van der Waals surface area contributed by atoms with E-state index in [0.717, 1.165) is 19.3 Å².